The number of nitrogens with zero attached hydrogens (tertiary/aromatic N) is 2. The van der Waals surface area contributed by atoms with E-state index in [1.54, 1.807) is 30.3 Å². The van der Waals surface area contributed by atoms with Crippen molar-refractivity contribution in [3.63, 3.8) is 0 Å². The molecule has 0 N–H and O–H groups in total. The standard InChI is InChI=1S/C13H24ClN2O4PS/c1-6-9-16-13(22-10(4)5)11(14)12(15-16)20-21(17,18-7-2)19-8-3/h10H,6-9H2,1-5H3. The van der Waals surface area contributed by atoms with Crippen LogP contribution in [0.1, 0.15) is 41.0 Å². The lowest BCUT2D eigenvalue weighted by atomic mass is 10.5. The number of aryl methyl sites for hydroxylation is 1. The summed E-state index contributed by atoms with van der Waals surface area (Å²) < 4.78 is 29.9. The highest BCUT2D eigenvalue weighted by molar-refractivity contribution is 7.99. The molecule has 6 nitrogen and oxygen atoms in total. The zero-order valence-electron chi connectivity index (χ0n) is 13.7. The molecule has 0 saturated carbocycles. The van der Waals surface area contributed by atoms with Crippen molar-refractivity contribution >= 4 is 31.2 Å². The summed E-state index contributed by atoms with van der Waals surface area (Å²) in [6, 6.07) is 0. The monoisotopic (exact) mass is 370 g/mol. The highest BCUT2D eigenvalue weighted by Gasteiger charge is 2.31. The van der Waals surface area contributed by atoms with Crippen LogP contribution in [0.5, 0.6) is 5.88 Å². The molecule has 0 atom stereocenters. The van der Waals surface area contributed by atoms with Crippen LogP contribution < -0.4 is 4.52 Å². The molecule has 0 radical (unpaired) electrons. The maximum atomic E-state index is 12.5. The molecular weight excluding hydrogens is 347 g/mol. The van der Waals surface area contributed by atoms with Crippen LogP contribution in [0.15, 0.2) is 5.03 Å². The second-order valence-electron chi connectivity index (χ2n) is 4.69. The van der Waals surface area contributed by atoms with E-state index in [4.69, 9.17) is 25.2 Å². The Morgan fingerprint density at radius 3 is 2.32 bits per heavy atom. The summed E-state index contributed by atoms with van der Waals surface area (Å²) in [6.45, 7) is 10.7. The summed E-state index contributed by atoms with van der Waals surface area (Å²) in [5.41, 5.74) is 0. The molecule has 0 amide bonds. The number of hydrogen-bond donors (Lipinski definition) is 0. The van der Waals surface area contributed by atoms with Crippen LogP contribution in [0.3, 0.4) is 0 Å². The van der Waals surface area contributed by atoms with E-state index in [0.717, 1.165) is 11.4 Å². The second kappa shape index (κ2) is 9.18. The summed E-state index contributed by atoms with van der Waals surface area (Å²) in [5, 5.41) is 5.79. The maximum Gasteiger partial charge on any atom is 0.531 e. The number of thioether (sulfide) groups is 1. The Morgan fingerprint density at radius 1 is 1.27 bits per heavy atom. The van der Waals surface area contributed by atoms with Crippen molar-refractivity contribution in [2.45, 2.75) is 57.9 Å². The molecule has 9 heteroatoms. The molecular formula is C13H24ClN2O4PS. The first-order valence-corrected chi connectivity index (χ1v) is 10.1. The van der Waals surface area contributed by atoms with E-state index in [9.17, 15) is 4.57 Å². The number of phosphoric acid groups is 1. The molecule has 0 aliphatic heterocycles. The fourth-order valence-electron chi connectivity index (χ4n) is 1.67. The Hall–Kier alpha value is -0.200. The first-order valence-electron chi connectivity index (χ1n) is 7.38. The third kappa shape index (κ3) is 5.46. The summed E-state index contributed by atoms with van der Waals surface area (Å²) >= 11 is 7.94. The van der Waals surface area contributed by atoms with Crippen molar-refractivity contribution in [2.24, 2.45) is 0 Å². The largest absolute Gasteiger partial charge is 0.531 e. The molecule has 0 aliphatic carbocycles. The molecule has 0 saturated heterocycles. The van der Waals surface area contributed by atoms with E-state index in [-0.39, 0.29) is 19.1 Å². The van der Waals surface area contributed by atoms with Gasteiger partial charge < -0.3 is 4.52 Å². The smallest absolute Gasteiger partial charge is 0.382 e. The summed E-state index contributed by atoms with van der Waals surface area (Å²) in [5.74, 6) is 0.0866. The normalized spacial score (nSPS) is 12.1. The lowest BCUT2D eigenvalue weighted by Crippen LogP contribution is -2.04. The third-order valence-corrected chi connectivity index (χ3v) is 5.48. The zero-order valence-corrected chi connectivity index (χ0v) is 16.1. The molecule has 0 fully saturated rings. The molecule has 1 aromatic heterocycles. The molecule has 1 rings (SSSR count). The van der Waals surface area contributed by atoms with E-state index in [2.05, 4.69) is 18.9 Å². The van der Waals surface area contributed by atoms with Gasteiger partial charge in [0.15, 0.2) is 0 Å². The van der Waals surface area contributed by atoms with Crippen LogP contribution in [0.2, 0.25) is 5.02 Å². The Kier molecular flexibility index (Phi) is 8.28. The van der Waals surface area contributed by atoms with E-state index < -0.39 is 7.82 Å². The maximum absolute atomic E-state index is 12.5. The van der Waals surface area contributed by atoms with Crippen molar-refractivity contribution in [3.8, 4) is 5.88 Å². The quantitative estimate of drug-likeness (QED) is 0.426. The molecule has 0 spiro atoms. The molecule has 0 aromatic carbocycles. The van der Waals surface area contributed by atoms with Crippen molar-refractivity contribution in [3.05, 3.63) is 5.02 Å². The van der Waals surface area contributed by atoms with Gasteiger partial charge in [-0.1, -0.05) is 32.4 Å². The van der Waals surface area contributed by atoms with Gasteiger partial charge in [0.25, 0.3) is 5.88 Å². The molecule has 128 valence electrons. The summed E-state index contributed by atoms with van der Waals surface area (Å²) in [7, 11) is -3.70. The van der Waals surface area contributed by atoms with Crippen LogP contribution >= 0.6 is 31.2 Å². The molecule has 1 heterocycles. The molecule has 1 aromatic rings. The number of phosphoric ester groups is 1. The van der Waals surface area contributed by atoms with E-state index >= 15 is 0 Å². The lowest BCUT2D eigenvalue weighted by Gasteiger charge is -2.15. The van der Waals surface area contributed by atoms with Crippen molar-refractivity contribution in [1.82, 2.24) is 9.78 Å². The average Bonchev–Trinajstić information content (AvgIpc) is 2.68. The van der Waals surface area contributed by atoms with Crippen molar-refractivity contribution in [1.29, 1.82) is 0 Å². The van der Waals surface area contributed by atoms with Crippen molar-refractivity contribution < 1.29 is 18.1 Å². The van der Waals surface area contributed by atoms with Gasteiger partial charge in [-0.15, -0.1) is 16.9 Å². The second-order valence-corrected chi connectivity index (χ2v) is 8.22. The topological polar surface area (TPSA) is 62.6 Å². The Bertz CT molecular complexity index is 514. The van der Waals surface area contributed by atoms with E-state index in [1.165, 1.54) is 0 Å². The highest BCUT2D eigenvalue weighted by Crippen LogP contribution is 2.51. The molecule has 0 aliphatic rings. The third-order valence-electron chi connectivity index (χ3n) is 2.38. The van der Waals surface area contributed by atoms with Crippen LogP contribution in [-0.4, -0.2) is 28.2 Å². The lowest BCUT2D eigenvalue weighted by molar-refractivity contribution is 0.165. The summed E-state index contributed by atoms with van der Waals surface area (Å²) in [4.78, 5) is 0. The minimum Gasteiger partial charge on any atom is -0.382 e. The van der Waals surface area contributed by atoms with Gasteiger partial charge >= 0.3 is 7.82 Å². The number of aromatic nitrogens is 2. The Morgan fingerprint density at radius 2 is 1.86 bits per heavy atom. The van der Waals surface area contributed by atoms with E-state index in [0.29, 0.717) is 16.8 Å². The molecule has 0 bridgehead atoms. The minimum atomic E-state index is -3.70. The SMILES string of the molecule is CCCn1nc(OP(=O)(OCC)OCC)c(Cl)c1SC(C)C. The van der Waals surface area contributed by atoms with Gasteiger partial charge in [-0.05, 0) is 20.3 Å². The predicted molar refractivity (Wildman–Crippen MR) is 90.0 cm³/mol. The van der Waals surface area contributed by atoms with Gasteiger partial charge in [-0.2, -0.15) is 0 Å². The molecule has 22 heavy (non-hydrogen) atoms. The van der Waals surface area contributed by atoms with E-state index in [1.807, 2.05) is 6.92 Å². The Balaban J connectivity index is 3.10. The number of halogens is 1. The van der Waals surface area contributed by atoms with Crippen LogP contribution in [0, 0.1) is 0 Å². The van der Waals surface area contributed by atoms with Crippen LogP contribution in [-0.2, 0) is 20.2 Å². The van der Waals surface area contributed by atoms with Gasteiger partial charge in [-0.25, -0.2) is 4.57 Å². The first-order chi connectivity index (χ1) is 10.4. The summed E-state index contributed by atoms with van der Waals surface area (Å²) in [6.07, 6.45) is 0.900. The zero-order chi connectivity index (χ0) is 16.8. The van der Waals surface area contributed by atoms with Gasteiger partial charge in [0.1, 0.15) is 10.0 Å². The fraction of sp³-hybridized carbons (Fsp3) is 0.769. The van der Waals surface area contributed by atoms with Crippen LogP contribution in [0.4, 0.5) is 0 Å². The number of hydrogen-bond acceptors (Lipinski definition) is 6. The Labute approximate surface area is 141 Å². The van der Waals surface area contributed by atoms with Gasteiger partial charge in [0, 0.05) is 11.8 Å². The van der Waals surface area contributed by atoms with Gasteiger partial charge in [0.05, 0.1) is 13.2 Å². The van der Waals surface area contributed by atoms with Crippen molar-refractivity contribution in [2.75, 3.05) is 13.2 Å². The first kappa shape index (κ1) is 19.8. The minimum absolute atomic E-state index is 0.0866. The van der Waals surface area contributed by atoms with Gasteiger partial charge in [0.2, 0.25) is 0 Å². The van der Waals surface area contributed by atoms with Crippen LogP contribution in [0.25, 0.3) is 0 Å². The highest BCUT2D eigenvalue weighted by atomic mass is 35.5. The fourth-order valence-corrected chi connectivity index (χ4v) is 4.08. The predicted octanol–water partition coefficient (Wildman–Crippen LogP) is 5.01. The molecule has 0 unspecified atom stereocenters. The average molecular weight is 371 g/mol. The number of rotatable bonds is 10. The van der Waals surface area contributed by atoms with Gasteiger partial charge in [-0.3, -0.25) is 13.7 Å².